The first-order valence-electron chi connectivity index (χ1n) is 6.71. The lowest BCUT2D eigenvalue weighted by Gasteiger charge is -2.26. The van der Waals surface area contributed by atoms with Crippen LogP contribution in [0.15, 0.2) is 37.1 Å². The molecule has 1 nitrogen and oxygen atoms in total. The monoisotopic (exact) mass is 241 g/mol. The zero-order valence-corrected chi connectivity index (χ0v) is 12.0. The maximum Gasteiger partial charge on any atom is 0.0454 e. The molecule has 1 aromatic rings. The summed E-state index contributed by atoms with van der Waals surface area (Å²) >= 11 is 0. The van der Waals surface area contributed by atoms with Crippen LogP contribution in [0, 0.1) is 0 Å². The Balaban J connectivity index is 2.57. The summed E-state index contributed by atoms with van der Waals surface area (Å²) in [4.78, 5) is 2.23. The van der Waals surface area contributed by atoms with Gasteiger partial charge in [0.05, 0.1) is 0 Å². The smallest absolute Gasteiger partial charge is 0.0454 e. The largest absolute Gasteiger partial charge is 0.348 e. The number of nitrogens with zero attached hydrogens (tertiary/aromatic N) is 1. The molecule has 1 atom stereocenters. The Labute approximate surface area is 111 Å². The number of allylic oxidation sites excluding steroid dienone is 2. The van der Waals surface area contributed by atoms with Crippen molar-refractivity contribution in [3.63, 3.8) is 0 Å². The quantitative estimate of drug-likeness (QED) is 0.738. The van der Waals surface area contributed by atoms with Gasteiger partial charge < -0.3 is 4.90 Å². The van der Waals surface area contributed by atoms with Crippen LogP contribution in [0.5, 0.6) is 0 Å². The lowest BCUT2D eigenvalue weighted by Crippen LogP contribution is -2.24. The van der Waals surface area contributed by atoms with E-state index >= 15 is 0 Å². The molecule has 1 aliphatic heterocycles. The fourth-order valence-electron chi connectivity index (χ4n) is 2.77. The number of hydrogen-bond acceptors (Lipinski definition) is 1. The summed E-state index contributed by atoms with van der Waals surface area (Å²) in [5.41, 5.74) is 6.40. The molecule has 0 N–H and O–H groups in total. The molecule has 0 aliphatic carbocycles. The van der Waals surface area contributed by atoms with Gasteiger partial charge in [-0.25, -0.2) is 0 Å². The number of likely N-dealkylation sites (N-methyl/N-ethyl adjacent to an activating group) is 1. The molecule has 1 unspecified atom stereocenters. The normalized spacial score (nSPS) is 22.2. The number of benzene rings is 1. The van der Waals surface area contributed by atoms with Crippen LogP contribution in [0.25, 0.3) is 5.57 Å². The first kappa shape index (κ1) is 12.9. The minimum absolute atomic E-state index is 0.0795. The first-order valence-corrected chi connectivity index (χ1v) is 6.71. The molecule has 0 fully saturated rings. The molecule has 0 bridgehead atoms. The third-order valence-corrected chi connectivity index (χ3v) is 4.54. The van der Waals surface area contributed by atoms with Crippen LogP contribution in [0.2, 0.25) is 0 Å². The van der Waals surface area contributed by atoms with Crippen LogP contribution in [-0.4, -0.2) is 7.05 Å². The van der Waals surface area contributed by atoms with Crippen LogP contribution in [-0.2, 0) is 5.41 Å². The lowest BCUT2D eigenvalue weighted by atomic mass is 9.79. The van der Waals surface area contributed by atoms with E-state index in [1.165, 1.54) is 28.1 Å². The highest BCUT2D eigenvalue weighted by atomic mass is 15.2. The molecule has 1 aliphatic rings. The highest BCUT2D eigenvalue weighted by Crippen LogP contribution is 2.48. The average Bonchev–Trinajstić information content (AvgIpc) is 2.60. The molecular formula is C17H23N. The molecule has 96 valence electrons. The predicted molar refractivity (Wildman–Crippen MR) is 81.0 cm³/mol. The SMILES string of the molecule is C=C(CC)c1ccc2c(c1)N(C)C(=C)C2(C)CC. The van der Waals surface area contributed by atoms with Crippen molar-refractivity contribution in [1.82, 2.24) is 0 Å². The molecule has 2 rings (SSSR count). The second-order valence-corrected chi connectivity index (χ2v) is 5.38. The standard InChI is InChI=1S/C17H23N/c1-7-12(3)14-9-10-15-16(11-14)18(6)13(4)17(15,5)8-2/h9-11H,3-4,7-8H2,1-2,5-6H3. The van der Waals surface area contributed by atoms with Crippen molar-refractivity contribution in [2.24, 2.45) is 0 Å². The Morgan fingerprint density at radius 1 is 1.33 bits per heavy atom. The number of rotatable bonds is 3. The van der Waals surface area contributed by atoms with Crippen molar-refractivity contribution < 1.29 is 0 Å². The molecule has 1 heterocycles. The van der Waals surface area contributed by atoms with E-state index in [0.717, 1.165) is 12.8 Å². The van der Waals surface area contributed by atoms with Crippen molar-refractivity contribution in [1.29, 1.82) is 0 Å². The maximum absolute atomic E-state index is 4.27. The van der Waals surface area contributed by atoms with Crippen LogP contribution < -0.4 is 4.90 Å². The van der Waals surface area contributed by atoms with E-state index in [-0.39, 0.29) is 5.41 Å². The zero-order valence-electron chi connectivity index (χ0n) is 12.0. The summed E-state index contributed by atoms with van der Waals surface area (Å²) in [6, 6.07) is 6.71. The molecule has 1 heteroatoms. The molecule has 0 saturated heterocycles. The summed E-state index contributed by atoms with van der Waals surface area (Å²) in [7, 11) is 2.11. The van der Waals surface area contributed by atoms with E-state index in [2.05, 4.69) is 64.1 Å². The summed E-state index contributed by atoms with van der Waals surface area (Å²) in [5.74, 6) is 0. The summed E-state index contributed by atoms with van der Waals surface area (Å²) < 4.78 is 0. The Morgan fingerprint density at radius 2 is 2.00 bits per heavy atom. The third kappa shape index (κ3) is 1.61. The number of fused-ring (bicyclic) bond motifs is 1. The van der Waals surface area contributed by atoms with Gasteiger partial charge in [0, 0.05) is 23.8 Å². The molecule has 1 aromatic carbocycles. The van der Waals surface area contributed by atoms with Crippen LogP contribution in [0.1, 0.15) is 44.7 Å². The fourth-order valence-corrected chi connectivity index (χ4v) is 2.77. The van der Waals surface area contributed by atoms with E-state index in [9.17, 15) is 0 Å². The van der Waals surface area contributed by atoms with Gasteiger partial charge in [0.25, 0.3) is 0 Å². The van der Waals surface area contributed by atoms with Crippen LogP contribution >= 0.6 is 0 Å². The third-order valence-electron chi connectivity index (χ3n) is 4.54. The Morgan fingerprint density at radius 3 is 2.56 bits per heavy atom. The second kappa shape index (κ2) is 4.31. The molecule has 18 heavy (non-hydrogen) atoms. The van der Waals surface area contributed by atoms with Gasteiger partial charge in [-0.1, -0.05) is 39.1 Å². The second-order valence-electron chi connectivity index (χ2n) is 5.38. The minimum Gasteiger partial charge on any atom is -0.348 e. The average molecular weight is 241 g/mol. The summed E-state index contributed by atoms with van der Waals surface area (Å²) in [6.07, 6.45) is 2.08. The van der Waals surface area contributed by atoms with Crippen molar-refractivity contribution in [3.8, 4) is 0 Å². The van der Waals surface area contributed by atoms with E-state index in [0.29, 0.717) is 0 Å². The summed E-state index contributed by atoms with van der Waals surface area (Å²) in [6.45, 7) is 15.1. The van der Waals surface area contributed by atoms with Gasteiger partial charge in [-0.3, -0.25) is 0 Å². The van der Waals surface area contributed by atoms with Gasteiger partial charge in [0.15, 0.2) is 0 Å². The van der Waals surface area contributed by atoms with E-state index in [1.54, 1.807) is 0 Å². The van der Waals surface area contributed by atoms with Crippen LogP contribution in [0.4, 0.5) is 5.69 Å². The van der Waals surface area contributed by atoms with Gasteiger partial charge in [-0.2, -0.15) is 0 Å². The van der Waals surface area contributed by atoms with Gasteiger partial charge >= 0.3 is 0 Å². The number of hydrogen-bond donors (Lipinski definition) is 0. The Bertz CT molecular complexity index is 512. The van der Waals surface area contributed by atoms with Gasteiger partial charge in [0.2, 0.25) is 0 Å². The fraction of sp³-hybridized carbons (Fsp3) is 0.412. The predicted octanol–water partition coefficient (Wildman–Crippen LogP) is 4.74. The van der Waals surface area contributed by atoms with Crippen LogP contribution in [0.3, 0.4) is 0 Å². The van der Waals surface area contributed by atoms with Crippen molar-refractivity contribution >= 4 is 11.3 Å². The highest BCUT2D eigenvalue weighted by Gasteiger charge is 2.39. The lowest BCUT2D eigenvalue weighted by molar-refractivity contribution is 0.552. The van der Waals surface area contributed by atoms with Gasteiger partial charge in [0.1, 0.15) is 0 Å². The molecule has 0 saturated carbocycles. The molecule has 0 amide bonds. The van der Waals surface area contributed by atoms with E-state index in [1.807, 2.05) is 0 Å². The number of anilines is 1. The molecule has 0 radical (unpaired) electrons. The summed E-state index contributed by atoms with van der Waals surface area (Å²) in [5, 5.41) is 0. The van der Waals surface area contributed by atoms with E-state index < -0.39 is 0 Å². The van der Waals surface area contributed by atoms with Gasteiger partial charge in [-0.15, -0.1) is 0 Å². The van der Waals surface area contributed by atoms with E-state index in [4.69, 9.17) is 0 Å². The maximum atomic E-state index is 4.27. The van der Waals surface area contributed by atoms with Crippen molar-refractivity contribution in [2.75, 3.05) is 11.9 Å². The minimum atomic E-state index is 0.0795. The van der Waals surface area contributed by atoms with Gasteiger partial charge in [-0.05, 0) is 42.5 Å². The first-order chi connectivity index (χ1) is 8.45. The zero-order chi connectivity index (χ0) is 13.5. The highest BCUT2D eigenvalue weighted by molar-refractivity contribution is 5.75. The van der Waals surface area contributed by atoms with Crippen molar-refractivity contribution in [2.45, 2.75) is 39.0 Å². The molecule has 0 spiro atoms. The topological polar surface area (TPSA) is 3.24 Å². The molecule has 0 aromatic heterocycles. The Kier molecular flexibility index (Phi) is 3.10. The van der Waals surface area contributed by atoms with Crippen molar-refractivity contribution in [3.05, 3.63) is 48.2 Å². The Hall–Kier alpha value is -1.50. The molecular weight excluding hydrogens is 218 g/mol.